The van der Waals surface area contributed by atoms with Crippen LogP contribution >= 0.6 is 0 Å². The maximum Gasteiger partial charge on any atom is 0.261 e. The van der Waals surface area contributed by atoms with Gasteiger partial charge in [0, 0.05) is 6.20 Å². The van der Waals surface area contributed by atoms with Gasteiger partial charge < -0.3 is 4.74 Å². The number of benzene rings is 1. The minimum Gasteiger partial charge on any atom is -0.475 e. The Morgan fingerprint density at radius 2 is 1.77 bits per heavy atom. The highest BCUT2D eigenvalue weighted by Crippen LogP contribution is 2.22. The second-order valence-electron chi connectivity index (χ2n) is 4.62. The second kappa shape index (κ2) is 5.66. The molecule has 1 aliphatic heterocycles. The predicted octanol–water partition coefficient (Wildman–Crippen LogP) is 1.63. The molecule has 0 aliphatic carbocycles. The minimum atomic E-state index is -0.328. The molecule has 6 nitrogen and oxygen atoms in total. The zero-order chi connectivity index (χ0) is 15.5. The summed E-state index contributed by atoms with van der Waals surface area (Å²) in [6.07, 6.45) is 1.51. The van der Waals surface area contributed by atoms with E-state index in [0.29, 0.717) is 16.7 Å². The van der Waals surface area contributed by atoms with Gasteiger partial charge in [-0.05, 0) is 24.3 Å². The van der Waals surface area contributed by atoms with Crippen LogP contribution in [0.25, 0.3) is 0 Å². The van der Waals surface area contributed by atoms with Crippen LogP contribution in [0.5, 0.6) is 5.88 Å². The van der Waals surface area contributed by atoms with E-state index in [1.165, 1.54) is 6.20 Å². The Morgan fingerprint density at radius 1 is 1.09 bits per heavy atom. The van der Waals surface area contributed by atoms with Crippen LogP contribution in [0, 0.1) is 11.3 Å². The molecule has 1 aromatic carbocycles. The lowest BCUT2D eigenvalue weighted by Gasteiger charge is -2.14. The Labute approximate surface area is 126 Å². The summed E-state index contributed by atoms with van der Waals surface area (Å²) in [7, 11) is 0. The molecule has 0 radical (unpaired) electrons. The topological polar surface area (TPSA) is 83.3 Å². The van der Waals surface area contributed by atoms with Crippen LogP contribution in [0.2, 0.25) is 0 Å². The van der Waals surface area contributed by atoms with E-state index in [-0.39, 0.29) is 30.8 Å². The molecule has 0 saturated carbocycles. The molecule has 0 saturated heterocycles. The summed E-state index contributed by atoms with van der Waals surface area (Å²) in [6, 6.07) is 11.9. The molecule has 0 spiro atoms. The molecule has 3 rings (SSSR count). The van der Waals surface area contributed by atoms with Crippen molar-refractivity contribution in [3.8, 4) is 11.9 Å². The molecular formula is C16H11N3O3. The zero-order valence-corrected chi connectivity index (χ0v) is 11.5. The van der Waals surface area contributed by atoms with Gasteiger partial charge in [-0.25, -0.2) is 4.98 Å². The third kappa shape index (κ3) is 2.29. The molecular weight excluding hydrogens is 282 g/mol. The maximum atomic E-state index is 12.2. The number of nitriles is 1. The summed E-state index contributed by atoms with van der Waals surface area (Å²) < 4.78 is 5.41. The predicted molar refractivity (Wildman–Crippen MR) is 76.3 cm³/mol. The van der Waals surface area contributed by atoms with Gasteiger partial charge in [-0.3, -0.25) is 14.5 Å². The monoisotopic (exact) mass is 293 g/mol. The molecule has 6 heteroatoms. The number of nitrogens with zero attached hydrogens (tertiary/aromatic N) is 3. The van der Waals surface area contributed by atoms with E-state index < -0.39 is 0 Å². The van der Waals surface area contributed by atoms with Gasteiger partial charge in [-0.15, -0.1) is 0 Å². The van der Waals surface area contributed by atoms with E-state index in [1.807, 2.05) is 6.07 Å². The molecule has 108 valence electrons. The quantitative estimate of drug-likeness (QED) is 0.800. The fourth-order valence-electron chi connectivity index (χ4n) is 2.27. The fraction of sp³-hybridized carbons (Fsp3) is 0.125. The van der Waals surface area contributed by atoms with E-state index in [0.717, 1.165) is 4.90 Å². The first kappa shape index (κ1) is 13.8. The van der Waals surface area contributed by atoms with Crippen molar-refractivity contribution in [2.45, 2.75) is 0 Å². The minimum absolute atomic E-state index is 0.0805. The maximum absolute atomic E-state index is 12.2. The third-order valence-corrected chi connectivity index (χ3v) is 3.32. The van der Waals surface area contributed by atoms with Crippen LogP contribution in [-0.2, 0) is 0 Å². The number of ether oxygens (including phenoxy) is 1. The van der Waals surface area contributed by atoms with Gasteiger partial charge >= 0.3 is 0 Å². The normalized spacial score (nSPS) is 13.0. The first-order chi connectivity index (χ1) is 10.7. The number of carbonyl (C=O) groups excluding carboxylic acids is 2. The average molecular weight is 293 g/mol. The highest BCUT2D eigenvalue weighted by molar-refractivity contribution is 6.21. The lowest BCUT2D eigenvalue weighted by atomic mass is 10.1. The first-order valence-electron chi connectivity index (χ1n) is 6.65. The Morgan fingerprint density at radius 3 is 2.41 bits per heavy atom. The van der Waals surface area contributed by atoms with Gasteiger partial charge in [0.15, 0.2) is 0 Å². The molecule has 0 atom stereocenters. The summed E-state index contributed by atoms with van der Waals surface area (Å²) in [5.74, 6) is -0.460. The summed E-state index contributed by atoms with van der Waals surface area (Å²) in [6.45, 7) is 0.185. The van der Waals surface area contributed by atoms with Crippen LogP contribution in [0.15, 0.2) is 42.6 Å². The summed E-state index contributed by atoms with van der Waals surface area (Å²) >= 11 is 0. The molecule has 2 aromatic rings. The molecule has 1 aromatic heterocycles. The van der Waals surface area contributed by atoms with Crippen LogP contribution in [0.3, 0.4) is 0 Å². The zero-order valence-electron chi connectivity index (χ0n) is 11.5. The third-order valence-electron chi connectivity index (χ3n) is 3.32. The number of aromatic nitrogens is 1. The molecule has 2 amide bonds. The Hall–Kier alpha value is -3.20. The molecule has 0 bridgehead atoms. The molecule has 0 fully saturated rings. The average Bonchev–Trinajstić information content (AvgIpc) is 2.80. The number of fused-ring (bicyclic) bond motifs is 1. The largest absolute Gasteiger partial charge is 0.475 e. The smallest absolute Gasteiger partial charge is 0.261 e. The number of rotatable bonds is 4. The summed E-state index contributed by atoms with van der Waals surface area (Å²) in [5.41, 5.74) is 1.12. The van der Waals surface area contributed by atoms with Crippen molar-refractivity contribution in [1.29, 1.82) is 5.26 Å². The van der Waals surface area contributed by atoms with Crippen LogP contribution < -0.4 is 4.74 Å². The highest BCUT2D eigenvalue weighted by Gasteiger charge is 2.34. The number of hydrogen-bond donors (Lipinski definition) is 0. The van der Waals surface area contributed by atoms with Crippen LogP contribution in [0.1, 0.15) is 26.3 Å². The van der Waals surface area contributed by atoms with E-state index in [1.54, 1.807) is 36.4 Å². The van der Waals surface area contributed by atoms with Crippen molar-refractivity contribution in [2.24, 2.45) is 0 Å². The first-order valence-corrected chi connectivity index (χ1v) is 6.65. The highest BCUT2D eigenvalue weighted by atomic mass is 16.5. The number of pyridine rings is 1. The van der Waals surface area contributed by atoms with Gasteiger partial charge in [0.25, 0.3) is 11.8 Å². The fourth-order valence-corrected chi connectivity index (χ4v) is 2.27. The van der Waals surface area contributed by atoms with E-state index in [9.17, 15) is 9.59 Å². The Bertz CT molecular complexity index is 760. The molecule has 22 heavy (non-hydrogen) atoms. The number of carbonyl (C=O) groups is 2. The van der Waals surface area contributed by atoms with Gasteiger partial charge in [-0.2, -0.15) is 5.26 Å². The van der Waals surface area contributed by atoms with Crippen LogP contribution in [0.4, 0.5) is 0 Å². The summed E-state index contributed by atoms with van der Waals surface area (Å²) in [5, 5.41) is 8.94. The number of imide groups is 1. The van der Waals surface area contributed by atoms with Gasteiger partial charge in [0.1, 0.15) is 18.2 Å². The SMILES string of the molecule is N#Cc1cccnc1OCCN1C(=O)c2ccccc2C1=O. The van der Waals surface area contributed by atoms with Crippen molar-refractivity contribution >= 4 is 11.8 Å². The molecule has 0 unspecified atom stereocenters. The summed E-state index contributed by atoms with van der Waals surface area (Å²) in [4.78, 5) is 29.4. The standard InChI is InChI=1S/C16H11N3O3/c17-10-11-4-3-7-18-14(11)22-9-8-19-15(20)12-5-1-2-6-13(12)16(19)21/h1-7H,8-9H2. The van der Waals surface area contributed by atoms with E-state index in [2.05, 4.69) is 4.98 Å². The van der Waals surface area contributed by atoms with Crippen molar-refractivity contribution in [1.82, 2.24) is 9.88 Å². The Balaban J connectivity index is 1.68. The van der Waals surface area contributed by atoms with Crippen LogP contribution in [-0.4, -0.2) is 34.8 Å². The number of amides is 2. The lowest BCUT2D eigenvalue weighted by molar-refractivity contribution is 0.0630. The van der Waals surface area contributed by atoms with Gasteiger partial charge in [0.2, 0.25) is 5.88 Å². The lowest BCUT2D eigenvalue weighted by Crippen LogP contribution is -2.33. The molecule has 1 aliphatic rings. The van der Waals surface area contributed by atoms with Crippen molar-refractivity contribution < 1.29 is 14.3 Å². The van der Waals surface area contributed by atoms with Gasteiger partial charge in [-0.1, -0.05) is 12.1 Å². The molecule has 0 N–H and O–H groups in total. The van der Waals surface area contributed by atoms with Gasteiger partial charge in [0.05, 0.1) is 17.7 Å². The Kier molecular flexibility index (Phi) is 3.54. The van der Waals surface area contributed by atoms with E-state index >= 15 is 0 Å². The van der Waals surface area contributed by atoms with Crippen molar-refractivity contribution in [3.05, 3.63) is 59.3 Å². The molecule has 2 heterocycles. The van der Waals surface area contributed by atoms with E-state index in [4.69, 9.17) is 10.00 Å². The second-order valence-corrected chi connectivity index (χ2v) is 4.62. The van der Waals surface area contributed by atoms with Crippen molar-refractivity contribution in [2.75, 3.05) is 13.2 Å². The van der Waals surface area contributed by atoms with Crippen molar-refractivity contribution in [3.63, 3.8) is 0 Å². The number of hydrogen-bond acceptors (Lipinski definition) is 5.